The number of rotatable bonds is 5. The minimum absolute atomic E-state index is 0.0557. The Morgan fingerprint density at radius 1 is 1.39 bits per heavy atom. The maximum atomic E-state index is 12.0. The van der Waals surface area contributed by atoms with Crippen molar-refractivity contribution in [2.24, 2.45) is 0 Å². The van der Waals surface area contributed by atoms with Crippen LogP contribution in [-0.4, -0.2) is 16.3 Å². The SMILES string of the molecule is FC(F)(F)CCc1noc(NCc2ccsc2)n1. The van der Waals surface area contributed by atoms with Gasteiger partial charge >= 0.3 is 12.2 Å². The van der Waals surface area contributed by atoms with Gasteiger partial charge in [-0.05, 0) is 22.4 Å². The first-order valence-corrected chi connectivity index (χ1v) is 6.11. The first-order valence-electron chi connectivity index (χ1n) is 5.17. The average Bonchev–Trinajstić information content (AvgIpc) is 2.94. The Morgan fingerprint density at radius 2 is 2.22 bits per heavy atom. The number of alkyl halides is 3. The monoisotopic (exact) mass is 277 g/mol. The standard InChI is InChI=1S/C10H10F3N3OS/c11-10(12,13)3-1-8-15-9(17-16-8)14-5-7-2-4-18-6-7/h2,4,6H,1,3,5H2,(H,14,15,16). The van der Waals surface area contributed by atoms with Crippen molar-refractivity contribution in [3.8, 4) is 0 Å². The maximum absolute atomic E-state index is 12.0. The molecule has 0 aliphatic rings. The fourth-order valence-electron chi connectivity index (χ4n) is 1.25. The molecule has 2 rings (SSSR count). The van der Waals surface area contributed by atoms with Crippen molar-refractivity contribution in [3.63, 3.8) is 0 Å². The lowest BCUT2D eigenvalue weighted by atomic mass is 10.3. The molecule has 4 nitrogen and oxygen atoms in total. The minimum atomic E-state index is -4.20. The molecule has 98 valence electrons. The lowest BCUT2D eigenvalue weighted by Gasteiger charge is -2.01. The van der Waals surface area contributed by atoms with Gasteiger partial charge in [0.05, 0.1) is 6.42 Å². The van der Waals surface area contributed by atoms with E-state index < -0.39 is 12.6 Å². The summed E-state index contributed by atoms with van der Waals surface area (Å²) in [5, 5.41) is 10.2. The summed E-state index contributed by atoms with van der Waals surface area (Å²) in [4.78, 5) is 3.83. The fraction of sp³-hybridized carbons (Fsp3) is 0.400. The summed E-state index contributed by atoms with van der Waals surface area (Å²) < 4.78 is 40.7. The molecule has 8 heteroatoms. The molecule has 0 bridgehead atoms. The number of aryl methyl sites for hydroxylation is 1. The molecule has 0 aliphatic carbocycles. The van der Waals surface area contributed by atoms with E-state index in [0.717, 1.165) is 5.56 Å². The lowest BCUT2D eigenvalue weighted by Crippen LogP contribution is -2.09. The Bertz CT molecular complexity index is 481. The number of hydrogen-bond donors (Lipinski definition) is 1. The van der Waals surface area contributed by atoms with Gasteiger partial charge in [0.1, 0.15) is 0 Å². The van der Waals surface area contributed by atoms with Crippen LogP contribution < -0.4 is 5.32 Å². The van der Waals surface area contributed by atoms with E-state index in [4.69, 9.17) is 4.52 Å². The number of anilines is 1. The van der Waals surface area contributed by atoms with Gasteiger partial charge in [0.2, 0.25) is 0 Å². The molecule has 0 unspecified atom stereocenters. The highest BCUT2D eigenvalue weighted by atomic mass is 32.1. The van der Waals surface area contributed by atoms with E-state index in [1.807, 2.05) is 16.8 Å². The maximum Gasteiger partial charge on any atom is 0.389 e. The summed E-state index contributed by atoms with van der Waals surface area (Å²) in [5.41, 5.74) is 1.05. The van der Waals surface area contributed by atoms with Crippen LogP contribution >= 0.6 is 11.3 Å². The Kier molecular flexibility index (Phi) is 3.85. The van der Waals surface area contributed by atoms with E-state index in [2.05, 4.69) is 15.5 Å². The van der Waals surface area contributed by atoms with E-state index in [0.29, 0.717) is 6.54 Å². The first-order chi connectivity index (χ1) is 8.53. The molecule has 1 N–H and O–H groups in total. The number of aromatic nitrogens is 2. The molecule has 0 radical (unpaired) electrons. The van der Waals surface area contributed by atoms with Crippen molar-refractivity contribution in [1.29, 1.82) is 0 Å². The van der Waals surface area contributed by atoms with E-state index in [1.165, 1.54) is 0 Å². The molecule has 0 atom stereocenters. The number of nitrogens with one attached hydrogen (secondary N) is 1. The molecule has 0 aliphatic heterocycles. The average molecular weight is 277 g/mol. The summed E-state index contributed by atoms with van der Waals surface area (Å²) >= 11 is 1.56. The van der Waals surface area contributed by atoms with Crippen LogP contribution in [0.15, 0.2) is 21.3 Å². The summed E-state index contributed by atoms with van der Waals surface area (Å²) in [7, 11) is 0. The van der Waals surface area contributed by atoms with Gasteiger partial charge in [0.15, 0.2) is 5.82 Å². The molecule has 0 spiro atoms. The zero-order chi connectivity index (χ0) is 13.0. The first kappa shape index (κ1) is 12.9. The lowest BCUT2D eigenvalue weighted by molar-refractivity contribution is -0.134. The molecule has 0 fully saturated rings. The second-order valence-electron chi connectivity index (χ2n) is 3.62. The third-order valence-electron chi connectivity index (χ3n) is 2.12. The van der Waals surface area contributed by atoms with Crippen molar-refractivity contribution >= 4 is 17.4 Å². The quantitative estimate of drug-likeness (QED) is 0.911. The predicted octanol–water partition coefficient (Wildman–Crippen LogP) is 3.24. The van der Waals surface area contributed by atoms with E-state index in [9.17, 15) is 13.2 Å². The second kappa shape index (κ2) is 5.38. The number of nitrogens with zero attached hydrogens (tertiary/aromatic N) is 2. The van der Waals surface area contributed by atoms with Gasteiger partial charge in [-0.1, -0.05) is 5.16 Å². The Hall–Kier alpha value is -1.57. The zero-order valence-electron chi connectivity index (χ0n) is 9.20. The van der Waals surface area contributed by atoms with Crippen LogP contribution in [0.5, 0.6) is 0 Å². The Morgan fingerprint density at radius 3 is 2.89 bits per heavy atom. The van der Waals surface area contributed by atoms with Crippen LogP contribution in [-0.2, 0) is 13.0 Å². The number of halogens is 3. The largest absolute Gasteiger partial charge is 0.389 e. The van der Waals surface area contributed by atoms with Crippen molar-refractivity contribution in [3.05, 3.63) is 28.2 Å². The van der Waals surface area contributed by atoms with Crippen molar-refractivity contribution in [2.75, 3.05) is 5.32 Å². The molecule has 18 heavy (non-hydrogen) atoms. The predicted molar refractivity (Wildman–Crippen MR) is 60.3 cm³/mol. The highest BCUT2D eigenvalue weighted by Crippen LogP contribution is 2.21. The van der Waals surface area contributed by atoms with E-state index in [1.54, 1.807) is 11.3 Å². The van der Waals surface area contributed by atoms with Gasteiger partial charge in [-0.15, -0.1) is 0 Å². The molecule has 0 aromatic carbocycles. The molecule has 2 aromatic rings. The van der Waals surface area contributed by atoms with Crippen LogP contribution in [0, 0.1) is 0 Å². The number of thiophene rings is 1. The topological polar surface area (TPSA) is 51.0 Å². The summed E-state index contributed by atoms with van der Waals surface area (Å²) in [6.07, 6.45) is -5.42. The summed E-state index contributed by atoms with van der Waals surface area (Å²) in [5.74, 6) is 0.0557. The molecular weight excluding hydrogens is 267 g/mol. The smallest absolute Gasteiger partial charge is 0.334 e. The molecule has 0 saturated carbocycles. The van der Waals surface area contributed by atoms with Crippen LogP contribution in [0.2, 0.25) is 0 Å². The second-order valence-corrected chi connectivity index (χ2v) is 4.40. The third kappa shape index (κ3) is 4.02. The van der Waals surface area contributed by atoms with Gasteiger partial charge in [0.25, 0.3) is 0 Å². The minimum Gasteiger partial charge on any atom is -0.334 e. The van der Waals surface area contributed by atoms with E-state index >= 15 is 0 Å². The molecule has 0 amide bonds. The number of hydrogen-bond acceptors (Lipinski definition) is 5. The van der Waals surface area contributed by atoms with Gasteiger partial charge in [-0.3, -0.25) is 0 Å². The van der Waals surface area contributed by atoms with Gasteiger partial charge in [0, 0.05) is 13.0 Å². The van der Waals surface area contributed by atoms with Gasteiger partial charge in [-0.25, -0.2) is 0 Å². The van der Waals surface area contributed by atoms with Crippen molar-refractivity contribution < 1.29 is 17.7 Å². The van der Waals surface area contributed by atoms with Gasteiger partial charge < -0.3 is 9.84 Å². The molecule has 2 aromatic heterocycles. The normalized spacial score (nSPS) is 11.7. The summed E-state index contributed by atoms with van der Waals surface area (Å²) in [6.45, 7) is 0.504. The van der Waals surface area contributed by atoms with Crippen LogP contribution in [0.3, 0.4) is 0 Å². The fourth-order valence-corrected chi connectivity index (χ4v) is 1.92. The highest BCUT2D eigenvalue weighted by molar-refractivity contribution is 7.07. The zero-order valence-corrected chi connectivity index (χ0v) is 10.0. The Labute approximate surface area is 105 Å². The van der Waals surface area contributed by atoms with Crippen LogP contribution in [0.25, 0.3) is 0 Å². The van der Waals surface area contributed by atoms with Gasteiger partial charge in [-0.2, -0.15) is 29.5 Å². The van der Waals surface area contributed by atoms with E-state index in [-0.39, 0.29) is 18.3 Å². The Balaban J connectivity index is 1.82. The molecular formula is C10H10F3N3OS. The van der Waals surface area contributed by atoms with Crippen molar-refractivity contribution in [2.45, 2.75) is 25.6 Å². The highest BCUT2D eigenvalue weighted by Gasteiger charge is 2.27. The third-order valence-corrected chi connectivity index (χ3v) is 2.86. The van der Waals surface area contributed by atoms with Crippen LogP contribution in [0.4, 0.5) is 19.2 Å². The van der Waals surface area contributed by atoms with Crippen LogP contribution in [0.1, 0.15) is 17.8 Å². The molecule has 2 heterocycles. The van der Waals surface area contributed by atoms with Crippen molar-refractivity contribution in [1.82, 2.24) is 10.1 Å². The molecule has 0 saturated heterocycles. The summed E-state index contributed by atoms with van der Waals surface area (Å²) in [6, 6.07) is 2.07.